The number of anilines is 1. The largest absolute Gasteiger partial charge is 0.339 e. The van der Waals surface area contributed by atoms with Crippen LogP contribution in [0, 0.1) is 13.8 Å². The lowest BCUT2D eigenvalue weighted by Gasteiger charge is -2.29. The zero-order chi connectivity index (χ0) is 20.2. The van der Waals surface area contributed by atoms with Crippen LogP contribution in [-0.4, -0.2) is 40.6 Å². The van der Waals surface area contributed by atoms with Gasteiger partial charge in [0.15, 0.2) is 0 Å². The molecule has 150 valence electrons. The van der Waals surface area contributed by atoms with Crippen LogP contribution in [0.3, 0.4) is 0 Å². The molecule has 3 aromatic rings. The van der Waals surface area contributed by atoms with E-state index in [4.69, 9.17) is 4.52 Å². The third-order valence-corrected chi connectivity index (χ3v) is 5.47. The number of rotatable bonds is 5. The van der Waals surface area contributed by atoms with Gasteiger partial charge in [-0.3, -0.25) is 9.69 Å². The highest BCUT2D eigenvalue weighted by Crippen LogP contribution is 2.28. The molecule has 1 aliphatic rings. The number of benzene rings is 2. The molecular formula is C23H26N4O2. The highest BCUT2D eigenvalue weighted by Gasteiger charge is 2.26. The van der Waals surface area contributed by atoms with Crippen molar-refractivity contribution in [3.8, 4) is 11.4 Å². The van der Waals surface area contributed by atoms with E-state index in [1.807, 2.05) is 55.5 Å². The van der Waals surface area contributed by atoms with Crippen LogP contribution in [0.2, 0.25) is 0 Å². The van der Waals surface area contributed by atoms with E-state index < -0.39 is 0 Å². The van der Waals surface area contributed by atoms with Crippen LogP contribution in [0.25, 0.3) is 11.4 Å². The molecule has 1 amide bonds. The minimum absolute atomic E-state index is 0.0252. The van der Waals surface area contributed by atoms with Crippen LogP contribution < -0.4 is 5.32 Å². The summed E-state index contributed by atoms with van der Waals surface area (Å²) >= 11 is 0. The highest BCUT2D eigenvalue weighted by atomic mass is 16.5. The summed E-state index contributed by atoms with van der Waals surface area (Å²) in [6.45, 7) is 6.14. The van der Waals surface area contributed by atoms with Crippen molar-refractivity contribution in [1.82, 2.24) is 15.0 Å². The number of aryl methyl sites for hydroxylation is 2. The monoisotopic (exact) mass is 390 g/mol. The Morgan fingerprint density at radius 3 is 2.55 bits per heavy atom. The van der Waals surface area contributed by atoms with Gasteiger partial charge in [-0.15, -0.1) is 0 Å². The maximum absolute atomic E-state index is 12.4. The van der Waals surface area contributed by atoms with E-state index in [1.165, 1.54) is 5.56 Å². The lowest BCUT2D eigenvalue weighted by molar-refractivity contribution is -0.117. The van der Waals surface area contributed by atoms with Crippen LogP contribution in [0.4, 0.5) is 5.69 Å². The number of aromatic nitrogens is 2. The summed E-state index contributed by atoms with van der Waals surface area (Å²) in [5.41, 5.74) is 4.12. The number of nitrogens with one attached hydrogen (secondary N) is 1. The van der Waals surface area contributed by atoms with Crippen LogP contribution >= 0.6 is 0 Å². The van der Waals surface area contributed by atoms with Gasteiger partial charge in [-0.2, -0.15) is 4.98 Å². The molecule has 2 heterocycles. The summed E-state index contributed by atoms with van der Waals surface area (Å²) in [7, 11) is 0. The molecule has 0 unspecified atom stereocenters. The van der Waals surface area contributed by atoms with Crippen molar-refractivity contribution in [2.24, 2.45) is 0 Å². The fourth-order valence-electron chi connectivity index (χ4n) is 3.66. The SMILES string of the molecule is Cc1ccc(-c2noc(C3CCN(CC(=O)Nc4ccccc4C)CC3)n2)cc1. The van der Waals surface area contributed by atoms with E-state index in [0.717, 1.165) is 42.7 Å². The van der Waals surface area contributed by atoms with Gasteiger partial charge in [-0.1, -0.05) is 53.2 Å². The van der Waals surface area contributed by atoms with Crippen molar-refractivity contribution < 1.29 is 9.32 Å². The van der Waals surface area contributed by atoms with E-state index in [2.05, 4.69) is 27.3 Å². The van der Waals surface area contributed by atoms with Gasteiger partial charge in [-0.25, -0.2) is 0 Å². The summed E-state index contributed by atoms with van der Waals surface area (Å²) in [6.07, 6.45) is 1.82. The molecule has 0 spiro atoms. The average Bonchev–Trinajstić information content (AvgIpc) is 3.21. The molecule has 0 aliphatic carbocycles. The van der Waals surface area contributed by atoms with Gasteiger partial charge >= 0.3 is 0 Å². The molecule has 6 nitrogen and oxygen atoms in total. The van der Waals surface area contributed by atoms with Crippen molar-refractivity contribution in [1.29, 1.82) is 0 Å². The summed E-state index contributed by atoms with van der Waals surface area (Å²) in [5.74, 6) is 1.61. The number of hydrogen-bond donors (Lipinski definition) is 1. The third-order valence-electron chi connectivity index (χ3n) is 5.47. The molecule has 0 radical (unpaired) electrons. The number of likely N-dealkylation sites (tertiary alicyclic amines) is 1. The lowest BCUT2D eigenvalue weighted by Crippen LogP contribution is -2.38. The van der Waals surface area contributed by atoms with Crippen LogP contribution in [-0.2, 0) is 4.79 Å². The number of para-hydroxylation sites is 1. The van der Waals surface area contributed by atoms with Crippen molar-refractivity contribution in [3.63, 3.8) is 0 Å². The Hall–Kier alpha value is -2.99. The smallest absolute Gasteiger partial charge is 0.238 e. The van der Waals surface area contributed by atoms with E-state index >= 15 is 0 Å². The Kier molecular flexibility index (Phi) is 5.71. The Morgan fingerprint density at radius 2 is 1.83 bits per heavy atom. The molecule has 1 saturated heterocycles. The Morgan fingerprint density at radius 1 is 1.10 bits per heavy atom. The molecule has 0 saturated carbocycles. The third kappa shape index (κ3) is 4.71. The predicted molar refractivity (Wildman–Crippen MR) is 113 cm³/mol. The Labute approximate surface area is 170 Å². The number of amides is 1. The molecule has 1 fully saturated rings. The first-order chi connectivity index (χ1) is 14.1. The lowest BCUT2D eigenvalue weighted by atomic mass is 9.97. The first kappa shape index (κ1) is 19.3. The second kappa shape index (κ2) is 8.57. The number of piperidine rings is 1. The van der Waals surface area contributed by atoms with Crippen LogP contribution in [0.1, 0.15) is 35.8 Å². The van der Waals surface area contributed by atoms with Gasteiger partial charge in [0.25, 0.3) is 0 Å². The fraction of sp³-hybridized carbons (Fsp3) is 0.348. The van der Waals surface area contributed by atoms with E-state index in [-0.39, 0.29) is 11.8 Å². The van der Waals surface area contributed by atoms with Gasteiger partial charge < -0.3 is 9.84 Å². The standard InChI is InChI=1S/C23H26N4O2/c1-16-7-9-18(10-8-16)22-25-23(29-26-22)19-11-13-27(14-12-19)15-21(28)24-20-6-4-3-5-17(20)2/h3-10,19H,11-15H2,1-2H3,(H,24,28). The molecular weight excluding hydrogens is 364 g/mol. The number of hydrogen-bond acceptors (Lipinski definition) is 5. The first-order valence-electron chi connectivity index (χ1n) is 10.1. The summed E-state index contributed by atoms with van der Waals surface area (Å²) in [4.78, 5) is 19.2. The highest BCUT2D eigenvalue weighted by molar-refractivity contribution is 5.92. The van der Waals surface area contributed by atoms with Crippen LogP contribution in [0.5, 0.6) is 0 Å². The zero-order valence-corrected chi connectivity index (χ0v) is 16.9. The fourth-order valence-corrected chi connectivity index (χ4v) is 3.66. The normalized spacial score (nSPS) is 15.4. The minimum Gasteiger partial charge on any atom is -0.339 e. The van der Waals surface area contributed by atoms with Crippen molar-refractivity contribution in [2.75, 3.05) is 25.0 Å². The number of carbonyl (C=O) groups is 1. The Balaban J connectivity index is 1.30. The predicted octanol–water partition coefficient (Wildman–Crippen LogP) is 4.17. The molecule has 29 heavy (non-hydrogen) atoms. The molecule has 1 N–H and O–H groups in total. The van der Waals surface area contributed by atoms with Gasteiger partial charge in [0, 0.05) is 17.2 Å². The average molecular weight is 390 g/mol. The van der Waals surface area contributed by atoms with Crippen molar-refractivity contribution in [2.45, 2.75) is 32.6 Å². The van der Waals surface area contributed by atoms with E-state index in [1.54, 1.807) is 0 Å². The second-order valence-electron chi connectivity index (χ2n) is 7.74. The molecule has 0 atom stereocenters. The van der Waals surface area contributed by atoms with Crippen molar-refractivity contribution >= 4 is 11.6 Å². The molecule has 4 rings (SSSR count). The van der Waals surface area contributed by atoms with Crippen LogP contribution in [0.15, 0.2) is 53.1 Å². The maximum Gasteiger partial charge on any atom is 0.238 e. The summed E-state index contributed by atoms with van der Waals surface area (Å²) in [5, 5.41) is 7.15. The summed E-state index contributed by atoms with van der Waals surface area (Å²) < 4.78 is 5.54. The van der Waals surface area contributed by atoms with Gasteiger partial charge in [-0.05, 0) is 51.4 Å². The number of carbonyl (C=O) groups excluding carboxylic acids is 1. The maximum atomic E-state index is 12.4. The van der Waals surface area contributed by atoms with Gasteiger partial charge in [0.05, 0.1) is 6.54 Å². The van der Waals surface area contributed by atoms with E-state index in [0.29, 0.717) is 18.3 Å². The number of nitrogens with zero attached hydrogens (tertiary/aromatic N) is 3. The zero-order valence-electron chi connectivity index (χ0n) is 16.9. The molecule has 1 aliphatic heterocycles. The molecule has 1 aromatic heterocycles. The van der Waals surface area contributed by atoms with E-state index in [9.17, 15) is 4.79 Å². The Bertz CT molecular complexity index is 973. The minimum atomic E-state index is 0.0252. The second-order valence-corrected chi connectivity index (χ2v) is 7.74. The van der Waals surface area contributed by atoms with Gasteiger partial charge in [0.1, 0.15) is 0 Å². The quantitative estimate of drug-likeness (QED) is 0.708. The molecule has 2 aromatic carbocycles. The van der Waals surface area contributed by atoms with Crippen molar-refractivity contribution in [3.05, 3.63) is 65.5 Å². The first-order valence-corrected chi connectivity index (χ1v) is 10.1. The summed E-state index contributed by atoms with van der Waals surface area (Å²) in [6, 6.07) is 16.0. The molecule has 6 heteroatoms. The topological polar surface area (TPSA) is 71.3 Å². The van der Waals surface area contributed by atoms with Gasteiger partial charge in [0.2, 0.25) is 17.6 Å². The molecule has 0 bridgehead atoms.